The van der Waals surface area contributed by atoms with E-state index in [0.29, 0.717) is 11.0 Å². The minimum Gasteiger partial charge on any atom is -0.341 e. The third-order valence-electron chi connectivity index (χ3n) is 5.25. The fourth-order valence-electron chi connectivity index (χ4n) is 3.32. The minimum absolute atomic E-state index is 0.00220. The van der Waals surface area contributed by atoms with E-state index in [2.05, 4.69) is 22.2 Å². The van der Waals surface area contributed by atoms with Crippen molar-refractivity contribution < 1.29 is 9.59 Å². The molecule has 0 radical (unpaired) electrons. The van der Waals surface area contributed by atoms with Crippen LogP contribution in [-0.2, 0) is 11.2 Å². The molecule has 6 nitrogen and oxygen atoms in total. The van der Waals surface area contributed by atoms with Gasteiger partial charge >= 0.3 is 0 Å². The summed E-state index contributed by atoms with van der Waals surface area (Å²) in [4.78, 5) is 35.0. The Morgan fingerprint density at radius 1 is 1.21 bits per heavy atom. The lowest BCUT2D eigenvalue weighted by atomic mass is 9.93. The Kier molecular flexibility index (Phi) is 4.83. The molecule has 2 heterocycles. The van der Waals surface area contributed by atoms with Gasteiger partial charge in [0.1, 0.15) is 11.9 Å². The Balaban J connectivity index is 1.52. The van der Waals surface area contributed by atoms with Gasteiger partial charge in [0.05, 0.1) is 5.56 Å². The van der Waals surface area contributed by atoms with Crippen LogP contribution in [0.4, 0.5) is 0 Å². The second-order valence-electron chi connectivity index (χ2n) is 7.16. The van der Waals surface area contributed by atoms with E-state index in [1.807, 2.05) is 4.90 Å². The van der Waals surface area contributed by atoms with E-state index in [0.717, 1.165) is 44.6 Å². The van der Waals surface area contributed by atoms with E-state index in [9.17, 15) is 9.59 Å². The van der Waals surface area contributed by atoms with Gasteiger partial charge in [-0.1, -0.05) is 6.92 Å². The van der Waals surface area contributed by atoms with Crippen molar-refractivity contribution in [3.05, 3.63) is 23.8 Å². The second kappa shape index (κ2) is 6.87. The summed E-state index contributed by atoms with van der Waals surface area (Å²) < 4.78 is 0. The number of nitrogens with one attached hydrogen (secondary N) is 1. The van der Waals surface area contributed by atoms with Crippen LogP contribution in [0.15, 0.2) is 12.4 Å². The summed E-state index contributed by atoms with van der Waals surface area (Å²) in [6.07, 6.45) is 9.66. The monoisotopic (exact) mass is 330 g/mol. The molecular formula is C18H26N4O2. The highest BCUT2D eigenvalue weighted by atomic mass is 16.2. The highest BCUT2D eigenvalue weighted by molar-refractivity contribution is 5.96. The third kappa shape index (κ3) is 3.74. The zero-order valence-corrected chi connectivity index (χ0v) is 14.5. The zero-order valence-electron chi connectivity index (χ0n) is 14.5. The SMILES string of the molecule is CCCc1ncc(C(=O)N[C@@H](C)C(=O)N2CCC3(CC2)CC3)cn1. The van der Waals surface area contributed by atoms with E-state index in [-0.39, 0.29) is 11.8 Å². The summed E-state index contributed by atoms with van der Waals surface area (Å²) in [5.41, 5.74) is 0.936. The maximum absolute atomic E-state index is 12.5. The van der Waals surface area contributed by atoms with Crippen molar-refractivity contribution in [1.82, 2.24) is 20.2 Å². The van der Waals surface area contributed by atoms with Crippen LogP contribution in [0.3, 0.4) is 0 Å². The smallest absolute Gasteiger partial charge is 0.255 e. The summed E-state index contributed by atoms with van der Waals surface area (Å²) in [7, 11) is 0. The molecule has 3 rings (SSSR count). The standard InChI is InChI=1S/C18H26N4O2/c1-3-4-15-19-11-14(12-20-15)16(23)21-13(2)17(24)22-9-7-18(5-6-18)8-10-22/h11-13H,3-10H2,1-2H3,(H,21,23)/t13-/m0/s1. The van der Waals surface area contributed by atoms with Crippen molar-refractivity contribution in [3.63, 3.8) is 0 Å². The van der Waals surface area contributed by atoms with Gasteiger partial charge in [0.15, 0.2) is 0 Å². The maximum atomic E-state index is 12.5. The first-order valence-electron chi connectivity index (χ1n) is 8.93. The molecule has 6 heteroatoms. The first-order chi connectivity index (χ1) is 11.5. The molecule has 24 heavy (non-hydrogen) atoms. The first-order valence-corrected chi connectivity index (χ1v) is 8.93. The van der Waals surface area contributed by atoms with Crippen LogP contribution in [0.2, 0.25) is 0 Å². The Labute approximate surface area is 143 Å². The Hall–Kier alpha value is -1.98. The van der Waals surface area contributed by atoms with Gasteiger partial charge in [0.25, 0.3) is 5.91 Å². The van der Waals surface area contributed by atoms with Gasteiger partial charge < -0.3 is 10.2 Å². The average molecular weight is 330 g/mol. The summed E-state index contributed by atoms with van der Waals surface area (Å²) in [6, 6.07) is -0.527. The van der Waals surface area contributed by atoms with E-state index < -0.39 is 6.04 Å². The molecule has 1 aliphatic heterocycles. The van der Waals surface area contributed by atoms with Crippen LogP contribution in [0, 0.1) is 5.41 Å². The van der Waals surface area contributed by atoms with Crippen molar-refractivity contribution >= 4 is 11.8 Å². The van der Waals surface area contributed by atoms with Crippen molar-refractivity contribution in [1.29, 1.82) is 0 Å². The molecule has 0 unspecified atom stereocenters. The van der Waals surface area contributed by atoms with Crippen molar-refractivity contribution in [2.24, 2.45) is 5.41 Å². The number of nitrogens with zero attached hydrogens (tertiary/aromatic N) is 3. The maximum Gasteiger partial charge on any atom is 0.255 e. The average Bonchev–Trinajstić information content (AvgIpc) is 3.35. The molecule has 1 aromatic heterocycles. The quantitative estimate of drug-likeness (QED) is 0.895. The second-order valence-corrected chi connectivity index (χ2v) is 7.16. The van der Waals surface area contributed by atoms with Gasteiger partial charge in [-0.25, -0.2) is 9.97 Å². The summed E-state index contributed by atoms with van der Waals surface area (Å²) in [6.45, 7) is 5.43. The van der Waals surface area contributed by atoms with Crippen LogP contribution in [-0.4, -0.2) is 45.8 Å². The van der Waals surface area contributed by atoms with Crippen LogP contribution in [0.5, 0.6) is 0 Å². The van der Waals surface area contributed by atoms with Gasteiger partial charge in [-0.2, -0.15) is 0 Å². The molecular weight excluding hydrogens is 304 g/mol. The number of rotatable bonds is 5. The molecule has 1 atom stereocenters. The molecule has 1 saturated carbocycles. The molecule has 2 fully saturated rings. The van der Waals surface area contributed by atoms with Gasteiger partial charge in [-0.3, -0.25) is 9.59 Å². The van der Waals surface area contributed by atoms with Crippen molar-refractivity contribution in [3.8, 4) is 0 Å². The van der Waals surface area contributed by atoms with E-state index in [4.69, 9.17) is 0 Å². The molecule has 130 valence electrons. The molecule has 0 aromatic carbocycles. The number of aryl methyl sites for hydroxylation is 1. The van der Waals surface area contributed by atoms with E-state index in [1.165, 1.54) is 25.2 Å². The first kappa shape index (κ1) is 16.9. The van der Waals surface area contributed by atoms with Crippen LogP contribution in [0.1, 0.15) is 62.1 Å². The van der Waals surface area contributed by atoms with E-state index in [1.54, 1.807) is 6.92 Å². The number of amides is 2. The predicted molar refractivity (Wildman–Crippen MR) is 90.4 cm³/mol. The van der Waals surface area contributed by atoms with Crippen molar-refractivity contribution in [2.75, 3.05) is 13.1 Å². The topological polar surface area (TPSA) is 75.2 Å². The van der Waals surface area contributed by atoms with Crippen molar-refractivity contribution in [2.45, 2.75) is 58.4 Å². The zero-order chi connectivity index (χ0) is 17.2. The fourth-order valence-corrected chi connectivity index (χ4v) is 3.32. The molecule has 1 spiro atoms. The lowest BCUT2D eigenvalue weighted by Gasteiger charge is -2.33. The van der Waals surface area contributed by atoms with Crippen LogP contribution >= 0.6 is 0 Å². The molecule has 1 aliphatic carbocycles. The summed E-state index contributed by atoms with van der Waals surface area (Å²) in [5, 5.41) is 2.77. The van der Waals surface area contributed by atoms with Gasteiger partial charge in [0.2, 0.25) is 5.91 Å². The van der Waals surface area contributed by atoms with Gasteiger partial charge in [-0.15, -0.1) is 0 Å². The minimum atomic E-state index is -0.527. The fraction of sp³-hybridized carbons (Fsp3) is 0.667. The molecule has 2 amide bonds. The number of piperidine rings is 1. The molecule has 1 N–H and O–H groups in total. The number of aromatic nitrogens is 2. The summed E-state index contributed by atoms with van der Waals surface area (Å²) >= 11 is 0. The van der Waals surface area contributed by atoms with E-state index >= 15 is 0 Å². The molecule has 2 aliphatic rings. The highest BCUT2D eigenvalue weighted by Crippen LogP contribution is 2.53. The normalized spacial score (nSPS) is 19.8. The third-order valence-corrected chi connectivity index (χ3v) is 5.25. The Bertz CT molecular complexity index is 600. The number of carbonyl (C=O) groups is 2. The number of carbonyl (C=O) groups excluding carboxylic acids is 2. The predicted octanol–water partition coefficient (Wildman–Crippen LogP) is 1.95. The number of likely N-dealkylation sites (tertiary alicyclic amines) is 1. The lowest BCUT2D eigenvalue weighted by Crippen LogP contribution is -2.49. The largest absolute Gasteiger partial charge is 0.341 e. The summed E-state index contributed by atoms with van der Waals surface area (Å²) in [5.74, 6) is 0.442. The molecule has 1 saturated heterocycles. The van der Waals surface area contributed by atoms with Gasteiger partial charge in [0, 0.05) is 31.9 Å². The Morgan fingerprint density at radius 3 is 2.38 bits per heavy atom. The molecule has 0 bridgehead atoms. The lowest BCUT2D eigenvalue weighted by molar-refractivity contribution is -0.134. The highest BCUT2D eigenvalue weighted by Gasteiger charge is 2.45. The number of hydrogen-bond donors (Lipinski definition) is 1. The van der Waals surface area contributed by atoms with Crippen LogP contribution < -0.4 is 5.32 Å². The molecule has 1 aromatic rings. The van der Waals surface area contributed by atoms with Crippen LogP contribution in [0.25, 0.3) is 0 Å². The van der Waals surface area contributed by atoms with Gasteiger partial charge in [-0.05, 0) is 44.4 Å². The Morgan fingerprint density at radius 2 is 1.83 bits per heavy atom. The number of hydrogen-bond acceptors (Lipinski definition) is 4.